The monoisotopic (exact) mass is 401 g/mol. The van der Waals surface area contributed by atoms with Gasteiger partial charge in [-0.25, -0.2) is 9.97 Å². The average Bonchev–Trinajstić information content (AvgIpc) is 3.24. The van der Waals surface area contributed by atoms with Crippen molar-refractivity contribution in [3.63, 3.8) is 0 Å². The normalized spacial score (nSPS) is 32.3. The second kappa shape index (κ2) is 6.62. The summed E-state index contributed by atoms with van der Waals surface area (Å²) in [5.74, 6) is 3.16. The first-order chi connectivity index (χ1) is 14.6. The van der Waals surface area contributed by atoms with Crippen molar-refractivity contribution >= 4 is 16.9 Å². The molecule has 0 spiro atoms. The van der Waals surface area contributed by atoms with Crippen molar-refractivity contribution in [2.75, 3.05) is 0 Å². The van der Waals surface area contributed by atoms with Gasteiger partial charge in [0, 0.05) is 23.3 Å². The van der Waals surface area contributed by atoms with Crippen LogP contribution in [-0.2, 0) is 5.41 Å². The minimum Gasteiger partial charge on any atom is -0.348 e. The summed E-state index contributed by atoms with van der Waals surface area (Å²) in [4.78, 5) is 30.0. The minimum atomic E-state index is -0.0319. The molecule has 0 aromatic carbocycles. The van der Waals surface area contributed by atoms with Gasteiger partial charge in [-0.15, -0.1) is 0 Å². The van der Waals surface area contributed by atoms with Crippen molar-refractivity contribution in [2.24, 2.45) is 17.8 Å². The molecule has 3 bridgehead atoms. The number of carbonyl (C=O) groups excluding carboxylic acids is 1. The number of hydrogen-bond donors (Lipinski definition) is 2. The Bertz CT molecular complexity index is 1090. The van der Waals surface area contributed by atoms with Gasteiger partial charge in [0.15, 0.2) is 0 Å². The maximum atomic E-state index is 12.8. The van der Waals surface area contributed by atoms with E-state index in [1.165, 1.54) is 25.7 Å². The van der Waals surface area contributed by atoms with Gasteiger partial charge in [0.05, 0.1) is 17.2 Å². The summed E-state index contributed by atoms with van der Waals surface area (Å²) in [7, 11) is 0. The smallest absolute Gasteiger partial charge is 0.270 e. The molecule has 3 aromatic heterocycles. The molecule has 3 aliphatic rings. The predicted molar refractivity (Wildman–Crippen MR) is 114 cm³/mol. The summed E-state index contributed by atoms with van der Waals surface area (Å²) in [5, 5.41) is 3.31. The highest BCUT2D eigenvalue weighted by Gasteiger charge is 2.55. The van der Waals surface area contributed by atoms with E-state index in [1.54, 1.807) is 0 Å². The van der Waals surface area contributed by atoms with Crippen LogP contribution >= 0.6 is 0 Å². The van der Waals surface area contributed by atoms with E-state index in [4.69, 9.17) is 4.98 Å². The number of H-pyrrole nitrogens is 1. The average molecular weight is 402 g/mol. The number of carbonyl (C=O) groups is 1. The zero-order valence-corrected chi connectivity index (χ0v) is 17.3. The van der Waals surface area contributed by atoms with Gasteiger partial charge in [-0.05, 0) is 81.4 Å². The van der Waals surface area contributed by atoms with Crippen LogP contribution in [0.1, 0.15) is 60.5 Å². The summed E-state index contributed by atoms with van der Waals surface area (Å²) in [5.41, 5.74) is 3.64. The second-order valence-electron chi connectivity index (χ2n) is 9.80. The first kappa shape index (κ1) is 18.0. The molecule has 6 nitrogen and oxygen atoms in total. The van der Waals surface area contributed by atoms with Gasteiger partial charge < -0.3 is 10.3 Å². The fourth-order valence-electron chi connectivity index (χ4n) is 6.69. The molecular weight excluding hydrogens is 374 g/mol. The van der Waals surface area contributed by atoms with Crippen molar-refractivity contribution in [2.45, 2.75) is 56.9 Å². The van der Waals surface area contributed by atoms with Crippen molar-refractivity contribution in [1.82, 2.24) is 25.3 Å². The third-order valence-corrected chi connectivity index (χ3v) is 7.74. The molecule has 3 saturated carbocycles. The summed E-state index contributed by atoms with van der Waals surface area (Å²) in [6.07, 6.45) is 10.7. The maximum Gasteiger partial charge on any atom is 0.270 e. The van der Waals surface area contributed by atoms with Crippen LogP contribution in [0.3, 0.4) is 0 Å². The van der Waals surface area contributed by atoms with E-state index < -0.39 is 0 Å². The van der Waals surface area contributed by atoms with Gasteiger partial charge >= 0.3 is 0 Å². The van der Waals surface area contributed by atoms with Crippen LogP contribution in [-0.4, -0.2) is 31.9 Å². The SMILES string of the molecule is Cc1cccc(C(=O)NC2CC3CC4CC(c5nc6ccncc6[nH]5)(C3)CC4C2)n1. The standard InChI is InChI=1S/C24H27N5O/c1-14-3-2-4-20(26-14)22(30)27-18-8-15-7-16-11-24(10-15,12-17(16)9-18)23-28-19-5-6-25-13-21(19)29-23/h2-6,13,15-18H,7-12H2,1H3,(H,27,30)(H,28,29). The Balaban J connectivity index is 1.23. The maximum absolute atomic E-state index is 12.8. The van der Waals surface area contributed by atoms with E-state index in [0.717, 1.165) is 41.3 Å². The number of fused-ring (bicyclic) bond motifs is 3. The molecule has 0 aliphatic heterocycles. The Morgan fingerprint density at radius 1 is 1.10 bits per heavy atom. The predicted octanol–water partition coefficient (Wildman–Crippen LogP) is 3.93. The van der Waals surface area contributed by atoms with Gasteiger partial charge in [-0.3, -0.25) is 9.78 Å². The molecule has 2 N–H and O–H groups in total. The lowest BCUT2D eigenvalue weighted by Crippen LogP contribution is -2.40. The molecular formula is C24H27N5O. The van der Waals surface area contributed by atoms with Crippen LogP contribution in [0.5, 0.6) is 0 Å². The summed E-state index contributed by atoms with van der Waals surface area (Å²) >= 11 is 0. The van der Waals surface area contributed by atoms with Gasteiger partial charge in [-0.2, -0.15) is 0 Å². The quantitative estimate of drug-likeness (QED) is 0.697. The van der Waals surface area contributed by atoms with Crippen LogP contribution in [0.4, 0.5) is 0 Å². The fraction of sp³-hybridized carbons (Fsp3) is 0.500. The highest BCUT2D eigenvalue weighted by atomic mass is 16.1. The summed E-state index contributed by atoms with van der Waals surface area (Å²) < 4.78 is 0. The molecule has 3 aromatic rings. The molecule has 5 atom stereocenters. The van der Waals surface area contributed by atoms with Crippen molar-refractivity contribution in [3.05, 3.63) is 53.9 Å². The highest BCUT2D eigenvalue weighted by molar-refractivity contribution is 5.92. The summed E-state index contributed by atoms with van der Waals surface area (Å²) in [6, 6.07) is 7.87. The summed E-state index contributed by atoms with van der Waals surface area (Å²) in [6.45, 7) is 1.92. The third kappa shape index (κ3) is 2.92. The van der Waals surface area contributed by atoms with Crippen molar-refractivity contribution in [3.8, 4) is 0 Å². The molecule has 6 rings (SSSR count). The molecule has 3 fully saturated rings. The highest BCUT2D eigenvalue weighted by Crippen LogP contribution is 2.60. The Kier molecular flexibility index (Phi) is 3.98. The number of hydrogen-bond acceptors (Lipinski definition) is 4. The Hall–Kier alpha value is -2.76. The number of imidazole rings is 1. The minimum absolute atomic E-state index is 0.0319. The first-order valence-corrected chi connectivity index (χ1v) is 11.1. The van der Waals surface area contributed by atoms with Crippen molar-refractivity contribution < 1.29 is 4.79 Å². The van der Waals surface area contributed by atoms with Crippen LogP contribution in [0.2, 0.25) is 0 Å². The molecule has 0 radical (unpaired) electrons. The van der Waals surface area contributed by atoms with Crippen LogP contribution in [0.15, 0.2) is 36.7 Å². The number of aryl methyl sites for hydroxylation is 1. The van der Waals surface area contributed by atoms with Gasteiger partial charge in [0.2, 0.25) is 0 Å². The number of aromatic amines is 1. The molecule has 30 heavy (non-hydrogen) atoms. The van der Waals surface area contributed by atoms with Crippen LogP contribution < -0.4 is 5.32 Å². The second-order valence-corrected chi connectivity index (χ2v) is 9.80. The number of aromatic nitrogens is 4. The lowest BCUT2D eigenvalue weighted by atomic mass is 9.69. The first-order valence-electron chi connectivity index (χ1n) is 11.1. The topological polar surface area (TPSA) is 83.6 Å². The number of amides is 1. The van der Waals surface area contributed by atoms with Gasteiger partial charge in [-0.1, -0.05) is 6.07 Å². The number of nitrogens with zero attached hydrogens (tertiary/aromatic N) is 3. The van der Waals surface area contributed by atoms with E-state index in [2.05, 4.69) is 20.3 Å². The van der Waals surface area contributed by atoms with Crippen LogP contribution in [0, 0.1) is 24.7 Å². The van der Waals surface area contributed by atoms with Crippen molar-refractivity contribution in [1.29, 1.82) is 0 Å². The number of rotatable bonds is 3. The Labute approximate surface area is 175 Å². The lowest BCUT2D eigenvalue weighted by molar-refractivity contribution is 0.0916. The van der Waals surface area contributed by atoms with E-state index in [-0.39, 0.29) is 17.4 Å². The largest absolute Gasteiger partial charge is 0.348 e. The Morgan fingerprint density at radius 2 is 1.97 bits per heavy atom. The molecule has 5 unspecified atom stereocenters. The zero-order chi connectivity index (χ0) is 20.3. The molecule has 154 valence electrons. The molecule has 3 aliphatic carbocycles. The van der Waals surface area contributed by atoms with E-state index in [1.807, 2.05) is 43.6 Å². The van der Waals surface area contributed by atoms with Gasteiger partial charge in [0.1, 0.15) is 11.5 Å². The van der Waals surface area contributed by atoms with E-state index in [9.17, 15) is 4.79 Å². The molecule has 0 saturated heterocycles. The molecule has 3 heterocycles. The van der Waals surface area contributed by atoms with E-state index >= 15 is 0 Å². The Morgan fingerprint density at radius 3 is 2.80 bits per heavy atom. The van der Waals surface area contributed by atoms with Crippen LogP contribution in [0.25, 0.3) is 11.0 Å². The lowest BCUT2D eigenvalue weighted by Gasteiger charge is -2.37. The molecule has 1 amide bonds. The third-order valence-electron chi connectivity index (χ3n) is 7.74. The van der Waals surface area contributed by atoms with E-state index in [0.29, 0.717) is 17.5 Å². The van der Waals surface area contributed by atoms with Gasteiger partial charge in [0.25, 0.3) is 5.91 Å². The zero-order valence-electron chi connectivity index (χ0n) is 17.3. The number of nitrogens with one attached hydrogen (secondary N) is 2. The number of pyridine rings is 2. The molecule has 6 heteroatoms. The fourth-order valence-corrected chi connectivity index (χ4v) is 6.69.